The number of esters is 1. The van der Waals surface area contributed by atoms with E-state index >= 15 is 0 Å². The normalized spacial score (nSPS) is 18.5. The second kappa shape index (κ2) is 7.19. The molecule has 5 nitrogen and oxygen atoms in total. The average Bonchev–Trinajstić information content (AvgIpc) is 2.97. The molecule has 1 heterocycles. The summed E-state index contributed by atoms with van der Waals surface area (Å²) in [6.45, 7) is 1.90. The molecule has 130 valence electrons. The van der Waals surface area contributed by atoms with Gasteiger partial charge in [0.2, 0.25) is 5.91 Å². The molecule has 0 aliphatic carbocycles. The molecule has 6 heteroatoms. The smallest absolute Gasteiger partial charge is 0.316 e. The van der Waals surface area contributed by atoms with Gasteiger partial charge >= 0.3 is 5.97 Å². The number of aromatic hydroxyl groups is 1. The molecule has 0 bridgehead atoms. The Hall–Kier alpha value is -2.47. The number of ether oxygens (including phenoxy) is 1. The highest BCUT2D eigenvalue weighted by atomic mass is 32.2. The third-order valence-electron chi connectivity index (χ3n) is 4.23. The lowest BCUT2D eigenvalue weighted by atomic mass is 9.98. The molecule has 0 aromatic heterocycles. The number of hydrogen-bond acceptors (Lipinski definition) is 5. The van der Waals surface area contributed by atoms with Crippen LogP contribution in [-0.2, 0) is 20.9 Å². The fourth-order valence-electron chi connectivity index (χ4n) is 3.01. The molecule has 2 aromatic carbocycles. The molecule has 0 saturated heterocycles. The predicted molar refractivity (Wildman–Crippen MR) is 95.2 cm³/mol. The van der Waals surface area contributed by atoms with Crippen LogP contribution in [0.25, 0.3) is 0 Å². The fourth-order valence-corrected chi connectivity index (χ4v) is 4.53. The summed E-state index contributed by atoms with van der Waals surface area (Å²) in [5.41, 5.74) is 1.76. The van der Waals surface area contributed by atoms with Crippen LogP contribution in [0.1, 0.15) is 24.0 Å². The molecule has 25 heavy (non-hydrogen) atoms. The van der Waals surface area contributed by atoms with Crippen LogP contribution in [0.3, 0.4) is 0 Å². The van der Waals surface area contributed by atoms with Crippen molar-refractivity contribution >= 4 is 23.6 Å². The van der Waals surface area contributed by atoms with Crippen LogP contribution in [0.2, 0.25) is 0 Å². The largest absolute Gasteiger partial charge is 0.508 e. The van der Waals surface area contributed by atoms with Crippen molar-refractivity contribution in [2.45, 2.75) is 29.7 Å². The van der Waals surface area contributed by atoms with Crippen LogP contribution in [0, 0.1) is 0 Å². The zero-order valence-electron chi connectivity index (χ0n) is 14.0. The maximum atomic E-state index is 12.4. The van der Waals surface area contributed by atoms with Crippen LogP contribution in [0.4, 0.5) is 0 Å². The quantitative estimate of drug-likeness (QED) is 0.852. The number of thioether (sulfide) groups is 1. The molecule has 0 saturated carbocycles. The van der Waals surface area contributed by atoms with Gasteiger partial charge in [-0.3, -0.25) is 9.59 Å². The van der Waals surface area contributed by atoms with Crippen LogP contribution < -0.4 is 0 Å². The zero-order chi connectivity index (χ0) is 18.0. The first kappa shape index (κ1) is 17.4. The molecule has 2 atom stereocenters. The van der Waals surface area contributed by atoms with E-state index in [1.807, 2.05) is 30.3 Å². The van der Waals surface area contributed by atoms with E-state index in [-0.39, 0.29) is 17.6 Å². The Morgan fingerprint density at radius 1 is 1.20 bits per heavy atom. The minimum absolute atomic E-state index is 0.118. The van der Waals surface area contributed by atoms with Crippen molar-refractivity contribution in [2.75, 3.05) is 7.11 Å². The lowest BCUT2D eigenvalue weighted by Gasteiger charge is -2.30. The second-order valence-corrected chi connectivity index (χ2v) is 7.02. The van der Waals surface area contributed by atoms with Gasteiger partial charge in [-0.05, 0) is 23.3 Å². The Labute approximate surface area is 150 Å². The van der Waals surface area contributed by atoms with E-state index in [1.54, 1.807) is 23.1 Å². The number of carbonyl (C=O) groups excluding carboxylic acids is 2. The summed E-state index contributed by atoms with van der Waals surface area (Å²) in [5.74, 6) is -0.959. The number of nitrogens with zero attached hydrogens (tertiary/aromatic N) is 1. The fraction of sp³-hybridized carbons (Fsp3) is 0.263. The highest BCUT2D eigenvalue weighted by Crippen LogP contribution is 2.48. The number of phenolic OH excluding ortho intramolecular Hbond substituents is 1. The SMILES string of the molecule is COC(=O)C1c2ccc(O)cc2SC1N(Cc1ccccc1)C(C)=O. The van der Waals surface area contributed by atoms with E-state index in [0.29, 0.717) is 6.54 Å². The Morgan fingerprint density at radius 2 is 1.92 bits per heavy atom. The first-order valence-corrected chi connectivity index (χ1v) is 8.77. The zero-order valence-corrected chi connectivity index (χ0v) is 14.8. The monoisotopic (exact) mass is 357 g/mol. The summed E-state index contributed by atoms with van der Waals surface area (Å²) in [7, 11) is 1.35. The van der Waals surface area contributed by atoms with Gasteiger partial charge in [-0.15, -0.1) is 0 Å². The van der Waals surface area contributed by atoms with Crippen molar-refractivity contribution in [3.05, 3.63) is 59.7 Å². The van der Waals surface area contributed by atoms with Crippen LogP contribution >= 0.6 is 11.8 Å². The van der Waals surface area contributed by atoms with Crippen LogP contribution in [-0.4, -0.2) is 34.4 Å². The van der Waals surface area contributed by atoms with Gasteiger partial charge in [0, 0.05) is 18.4 Å². The van der Waals surface area contributed by atoms with Gasteiger partial charge in [0.25, 0.3) is 0 Å². The maximum Gasteiger partial charge on any atom is 0.316 e. The number of benzene rings is 2. The maximum absolute atomic E-state index is 12.4. The predicted octanol–water partition coefficient (Wildman–Crippen LogP) is 3.13. The molecule has 0 spiro atoms. The van der Waals surface area contributed by atoms with E-state index in [9.17, 15) is 14.7 Å². The van der Waals surface area contributed by atoms with Gasteiger partial charge in [0.1, 0.15) is 17.0 Å². The Balaban J connectivity index is 1.97. The topological polar surface area (TPSA) is 66.8 Å². The minimum Gasteiger partial charge on any atom is -0.508 e. The highest BCUT2D eigenvalue weighted by molar-refractivity contribution is 8.00. The van der Waals surface area contributed by atoms with Crippen LogP contribution in [0.15, 0.2) is 53.4 Å². The molecule has 0 radical (unpaired) electrons. The van der Waals surface area contributed by atoms with E-state index < -0.39 is 11.3 Å². The number of phenols is 1. The molecule has 3 rings (SSSR count). The summed E-state index contributed by atoms with van der Waals surface area (Å²) in [6.07, 6.45) is 0. The first-order valence-electron chi connectivity index (χ1n) is 7.90. The summed E-state index contributed by atoms with van der Waals surface area (Å²) in [4.78, 5) is 27.2. The summed E-state index contributed by atoms with van der Waals surface area (Å²) >= 11 is 1.40. The van der Waals surface area contributed by atoms with Gasteiger partial charge in [-0.25, -0.2) is 0 Å². The molecular weight excluding hydrogens is 338 g/mol. The van der Waals surface area contributed by atoms with Crippen molar-refractivity contribution < 1.29 is 19.4 Å². The molecule has 1 aliphatic heterocycles. The second-order valence-electron chi connectivity index (χ2n) is 5.86. The third-order valence-corrected chi connectivity index (χ3v) is 5.60. The molecule has 2 unspecified atom stereocenters. The van der Waals surface area contributed by atoms with Crippen LogP contribution in [0.5, 0.6) is 5.75 Å². The van der Waals surface area contributed by atoms with Crippen molar-refractivity contribution in [2.24, 2.45) is 0 Å². The number of amides is 1. The molecule has 0 fully saturated rings. The lowest BCUT2D eigenvalue weighted by molar-refractivity contribution is -0.144. The van der Waals surface area contributed by atoms with Gasteiger partial charge in [-0.2, -0.15) is 0 Å². The first-order chi connectivity index (χ1) is 12.0. The van der Waals surface area contributed by atoms with Crippen molar-refractivity contribution in [1.82, 2.24) is 4.90 Å². The van der Waals surface area contributed by atoms with E-state index in [1.165, 1.54) is 25.8 Å². The molecule has 1 N–H and O–H groups in total. The highest BCUT2D eigenvalue weighted by Gasteiger charge is 2.43. The number of rotatable bonds is 4. The number of hydrogen-bond donors (Lipinski definition) is 1. The molecule has 2 aromatic rings. The van der Waals surface area contributed by atoms with E-state index in [0.717, 1.165) is 16.0 Å². The van der Waals surface area contributed by atoms with Crippen molar-refractivity contribution in [3.63, 3.8) is 0 Å². The lowest BCUT2D eigenvalue weighted by Crippen LogP contribution is -2.40. The van der Waals surface area contributed by atoms with E-state index in [2.05, 4.69) is 0 Å². The Kier molecular flexibility index (Phi) is 4.99. The third kappa shape index (κ3) is 3.49. The van der Waals surface area contributed by atoms with E-state index in [4.69, 9.17) is 4.74 Å². The number of carbonyl (C=O) groups is 2. The summed E-state index contributed by atoms with van der Waals surface area (Å²) in [6, 6.07) is 14.5. The Morgan fingerprint density at radius 3 is 2.56 bits per heavy atom. The molecule has 1 aliphatic rings. The standard InChI is InChI=1S/C19H19NO4S/c1-12(21)20(11-13-6-4-3-5-7-13)18-17(19(23)24-2)15-9-8-14(22)10-16(15)25-18/h3-10,17-18,22H,11H2,1-2H3. The summed E-state index contributed by atoms with van der Waals surface area (Å²) in [5, 5.41) is 9.32. The molecule has 1 amide bonds. The van der Waals surface area contributed by atoms with Gasteiger partial charge in [0.15, 0.2) is 0 Å². The number of methoxy groups -OCH3 is 1. The Bertz CT molecular complexity index is 793. The van der Waals surface area contributed by atoms with Gasteiger partial charge in [-0.1, -0.05) is 48.2 Å². The number of fused-ring (bicyclic) bond motifs is 1. The average molecular weight is 357 g/mol. The van der Waals surface area contributed by atoms with Crippen molar-refractivity contribution in [1.29, 1.82) is 0 Å². The minimum atomic E-state index is -0.585. The van der Waals surface area contributed by atoms with Gasteiger partial charge in [0.05, 0.1) is 7.11 Å². The van der Waals surface area contributed by atoms with Gasteiger partial charge < -0.3 is 14.7 Å². The summed E-state index contributed by atoms with van der Waals surface area (Å²) < 4.78 is 4.98. The molecular formula is C19H19NO4S. The van der Waals surface area contributed by atoms with Crippen molar-refractivity contribution in [3.8, 4) is 5.75 Å².